The van der Waals surface area contributed by atoms with Gasteiger partial charge < -0.3 is 14.8 Å². The molecule has 0 fully saturated rings. The number of hydrogen-bond acceptors (Lipinski definition) is 3. The summed E-state index contributed by atoms with van der Waals surface area (Å²) < 4.78 is 6.11. The summed E-state index contributed by atoms with van der Waals surface area (Å²) in [6.07, 6.45) is 1.69. The van der Waals surface area contributed by atoms with Crippen LogP contribution in [0.4, 0.5) is 0 Å². The van der Waals surface area contributed by atoms with Crippen LogP contribution in [0.2, 0.25) is 0 Å². The molecule has 0 aliphatic carbocycles. The normalized spacial score (nSPS) is 10.2. The molecule has 4 nitrogen and oxygen atoms in total. The van der Waals surface area contributed by atoms with Gasteiger partial charge in [0.15, 0.2) is 4.73 Å². The Hall–Kier alpha value is -1.49. The molecule has 0 amide bonds. The first-order valence-corrected chi connectivity index (χ1v) is 5.14. The zero-order chi connectivity index (χ0) is 10.7. The van der Waals surface area contributed by atoms with E-state index in [2.05, 4.69) is 25.9 Å². The number of benzene rings is 1. The van der Waals surface area contributed by atoms with Crippen molar-refractivity contribution in [2.45, 2.75) is 6.61 Å². The maximum Gasteiger partial charge on any atom is 0.174 e. The monoisotopic (exact) mass is 268 g/mol. The molecule has 1 heterocycles. The number of H-pyrrole nitrogens is 1. The molecule has 0 spiro atoms. The lowest BCUT2D eigenvalue weighted by Gasteiger charge is -2.04. The lowest BCUT2D eigenvalue weighted by atomic mass is 10.3. The number of ether oxygens (including phenoxy) is 1. The van der Waals surface area contributed by atoms with E-state index in [1.807, 2.05) is 0 Å². The van der Waals surface area contributed by atoms with Crippen molar-refractivity contribution in [2.24, 2.45) is 0 Å². The number of rotatable bonds is 3. The SMILES string of the molecule is Oc1cccc(OCc2cnc(Br)[nH]2)c1. The van der Waals surface area contributed by atoms with Gasteiger partial charge in [-0.1, -0.05) is 6.07 Å². The van der Waals surface area contributed by atoms with Gasteiger partial charge in [-0.25, -0.2) is 4.98 Å². The Bertz CT molecular complexity index is 456. The van der Waals surface area contributed by atoms with Crippen molar-refractivity contribution in [1.29, 1.82) is 0 Å². The smallest absolute Gasteiger partial charge is 0.174 e. The molecule has 2 N–H and O–H groups in total. The Kier molecular flexibility index (Phi) is 2.91. The second kappa shape index (κ2) is 4.35. The number of aromatic hydroxyl groups is 1. The van der Waals surface area contributed by atoms with Gasteiger partial charge in [0.2, 0.25) is 0 Å². The van der Waals surface area contributed by atoms with Gasteiger partial charge in [-0.3, -0.25) is 0 Å². The average Bonchev–Trinajstić information content (AvgIpc) is 2.62. The van der Waals surface area contributed by atoms with Crippen molar-refractivity contribution >= 4 is 15.9 Å². The van der Waals surface area contributed by atoms with Crippen LogP contribution in [0, 0.1) is 0 Å². The molecular weight excluding hydrogens is 260 g/mol. The maximum absolute atomic E-state index is 9.21. The van der Waals surface area contributed by atoms with Gasteiger partial charge in [0.1, 0.15) is 18.1 Å². The molecule has 0 radical (unpaired) electrons. The van der Waals surface area contributed by atoms with Crippen LogP contribution in [-0.2, 0) is 6.61 Å². The van der Waals surface area contributed by atoms with Gasteiger partial charge in [0.25, 0.3) is 0 Å². The molecule has 5 heteroatoms. The Morgan fingerprint density at radius 2 is 2.33 bits per heavy atom. The highest BCUT2D eigenvalue weighted by molar-refractivity contribution is 9.10. The van der Waals surface area contributed by atoms with Crippen LogP contribution in [0.15, 0.2) is 35.2 Å². The number of aromatic amines is 1. The Balaban J connectivity index is 1.99. The third-order valence-electron chi connectivity index (χ3n) is 1.81. The summed E-state index contributed by atoms with van der Waals surface area (Å²) in [5.41, 5.74) is 0.866. The fourth-order valence-corrected chi connectivity index (χ4v) is 1.50. The lowest BCUT2D eigenvalue weighted by molar-refractivity contribution is 0.300. The van der Waals surface area contributed by atoms with Crippen LogP contribution in [0.25, 0.3) is 0 Å². The van der Waals surface area contributed by atoms with Crippen molar-refractivity contribution in [1.82, 2.24) is 9.97 Å². The van der Waals surface area contributed by atoms with E-state index in [0.29, 0.717) is 17.1 Å². The summed E-state index contributed by atoms with van der Waals surface area (Å²) in [6.45, 7) is 0.391. The fourth-order valence-electron chi connectivity index (χ4n) is 1.14. The van der Waals surface area contributed by atoms with Crippen LogP contribution < -0.4 is 4.74 Å². The Labute approximate surface area is 95.1 Å². The van der Waals surface area contributed by atoms with Gasteiger partial charge in [0, 0.05) is 6.07 Å². The van der Waals surface area contributed by atoms with E-state index >= 15 is 0 Å². The van der Waals surface area contributed by atoms with E-state index < -0.39 is 0 Å². The molecular formula is C10H9BrN2O2. The van der Waals surface area contributed by atoms with E-state index in [-0.39, 0.29) is 5.75 Å². The van der Waals surface area contributed by atoms with Crippen LogP contribution in [-0.4, -0.2) is 15.1 Å². The largest absolute Gasteiger partial charge is 0.508 e. The quantitative estimate of drug-likeness (QED) is 0.899. The minimum atomic E-state index is 0.193. The van der Waals surface area contributed by atoms with E-state index in [1.165, 1.54) is 0 Å². The van der Waals surface area contributed by atoms with Gasteiger partial charge in [-0.2, -0.15) is 0 Å². The van der Waals surface area contributed by atoms with Gasteiger partial charge in [-0.05, 0) is 28.1 Å². The molecule has 0 saturated carbocycles. The second-order valence-corrected chi connectivity index (χ2v) is 3.74. The standard InChI is InChI=1S/C10H9BrN2O2/c11-10-12-5-7(13-10)6-15-9-3-1-2-8(14)4-9/h1-5,14H,6H2,(H,12,13). The number of nitrogens with one attached hydrogen (secondary N) is 1. The number of aromatic nitrogens is 2. The summed E-state index contributed by atoms with van der Waals surface area (Å²) in [5.74, 6) is 0.819. The van der Waals surface area contributed by atoms with Crippen molar-refractivity contribution in [3.05, 3.63) is 40.9 Å². The zero-order valence-electron chi connectivity index (χ0n) is 7.77. The molecule has 15 heavy (non-hydrogen) atoms. The molecule has 2 aromatic rings. The minimum absolute atomic E-state index is 0.193. The molecule has 0 saturated heterocycles. The van der Waals surface area contributed by atoms with E-state index in [0.717, 1.165) is 5.69 Å². The molecule has 0 unspecified atom stereocenters. The molecule has 0 bridgehead atoms. The maximum atomic E-state index is 9.21. The van der Waals surface area contributed by atoms with E-state index in [9.17, 15) is 5.11 Å². The van der Waals surface area contributed by atoms with Crippen molar-refractivity contribution in [2.75, 3.05) is 0 Å². The molecule has 2 rings (SSSR count). The fraction of sp³-hybridized carbons (Fsp3) is 0.100. The number of imidazole rings is 1. The van der Waals surface area contributed by atoms with Crippen LogP contribution in [0.3, 0.4) is 0 Å². The Morgan fingerprint density at radius 1 is 1.47 bits per heavy atom. The molecule has 78 valence electrons. The molecule has 0 aliphatic heterocycles. The first kappa shape index (κ1) is 10.0. The summed E-state index contributed by atoms with van der Waals surface area (Å²) >= 11 is 3.21. The third-order valence-corrected chi connectivity index (χ3v) is 2.21. The number of phenolic OH excluding ortho intramolecular Hbond substituents is 1. The molecule has 0 atom stereocenters. The van der Waals surface area contributed by atoms with E-state index in [4.69, 9.17) is 4.74 Å². The summed E-state index contributed by atoms with van der Waals surface area (Å²) in [6, 6.07) is 6.67. The highest BCUT2D eigenvalue weighted by atomic mass is 79.9. The highest BCUT2D eigenvalue weighted by Gasteiger charge is 1.99. The van der Waals surface area contributed by atoms with Crippen molar-refractivity contribution < 1.29 is 9.84 Å². The van der Waals surface area contributed by atoms with Crippen LogP contribution in [0.1, 0.15) is 5.69 Å². The number of nitrogens with zero attached hydrogens (tertiary/aromatic N) is 1. The van der Waals surface area contributed by atoms with Crippen LogP contribution in [0.5, 0.6) is 11.5 Å². The van der Waals surface area contributed by atoms with Gasteiger partial charge in [-0.15, -0.1) is 0 Å². The first-order chi connectivity index (χ1) is 7.24. The third kappa shape index (κ3) is 2.73. The minimum Gasteiger partial charge on any atom is -0.508 e. The van der Waals surface area contributed by atoms with Gasteiger partial charge in [0.05, 0.1) is 11.9 Å². The summed E-state index contributed by atoms with van der Waals surface area (Å²) in [4.78, 5) is 6.96. The van der Waals surface area contributed by atoms with Crippen LogP contribution >= 0.6 is 15.9 Å². The molecule has 0 aliphatic rings. The lowest BCUT2D eigenvalue weighted by Crippen LogP contribution is -1.95. The van der Waals surface area contributed by atoms with Crippen molar-refractivity contribution in [3.8, 4) is 11.5 Å². The van der Waals surface area contributed by atoms with Crippen molar-refractivity contribution in [3.63, 3.8) is 0 Å². The van der Waals surface area contributed by atoms with E-state index in [1.54, 1.807) is 30.5 Å². The highest BCUT2D eigenvalue weighted by Crippen LogP contribution is 2.18. The van der Waals surface area contributed by atoms with Gasteiger partial charge >= 0.3 is 0 Å². The predicted molar refractivity (Wildman–Crippen MR) is 58.7 cm³/mol. The number of phenols is 1. The summed E-state index contributed by atoms with van der Waals surface area (Å²) in [7, 11) is 0. The molecule has 1 aromatic heterocycles. The Morgan fingerprint density at radius 3 is 3.00 bits per heavy atom. The molecule has 1 aromatic carbocycles. The topological polar surface area (TPSA) is 58.1 Å². The number of halogens is 1. The predicted octanol–water partition coefficient (Wildman–Crippen LogP) is 2.46. The zero-order valence-corrected chi connectivity index (χ0v) is 9.36. The number of hydrogen-bond donors (Lipinski definition) is 2. The first-order valence-electron chi connectivity index (χ1n) is 4.35. The average molecular weight is 269 g/mol. The summed E-state index contributed by atoms with van der Waals surface area (Å²) in [5, 5.41) is 9.21. The second-order valence-electron chi connectivity index (χ2n) is 2.99.